The smallest absolute Gasteiger partial charge is 0.314 e. The van der Waals surface area contributed by atoms with Gasteiger partial charge in [-0.2, -0.15) is 0 Å². The van der Waals surface area contributed by atoms with E-state index in [0.717, 1.165) is 6.26 Å². The predicted molar refractivity (Wildman–Crippen MR) is 42.4 cm³/mol. The first-order valence-corrected chi connectivity index (χ1v) is 2.72. The number of hydrogen-bond acceptors (Lipinski definition) is 2. The molecule has 0 aliphatic carbocycles. The van der Waals surface area contributed by atoms with E-state index in [1.807, 2.05) is 0 Å². The third-order valence-corrected chi connectivity index (χ3v) is 0.526. The lowest BCUT2D eigenvalue weighted by atomic mass is 10.4. The molecule has 0 heterocycles. The van der Waals surface area contributed by atoms with E-state index in [-0.39, 0.29) is 12.4 Å². The highest BCUT2D eigenvalue weighted by Crippen LogP contribution is 1.84. The molecule has 2 nitrogen and oxygen atoms in total. The van der Waals surface area contributed by atoms with Crippen LogP contribution in [0, 0.1) is 0 Å². The first kappa shape index (κ1) is 11.5. The lowest BCUT2D eigenvalue weighted by Gasteiger charge is -1.89. The standard InChI is InChI=1S/C6H8O2.C2H4/c1-3-5-6(7)8-4-2;1-2/h3-4H,1-2,5H2;1-2H2. The van der Waals surface area contributed by atoms with E-state index in [9.17, 15) is 4.79 Å². The van der Waals surface area contributed by atoms with Gasteiger partial charge in [-0.3, -0.25) is 4.79 Å². The average molecular weight is 140 g/mol. The van der Waals surface area contributed by atoms with Gasteiger partial charge in [0.25, 0.3) is 0 Å². The van der Waals surface area contributed by atoms with Gasteiger partial charge in [0.1, 0.15) is 0 Å². The fourth-order valence-electron chi connectivity index (χ4n) is 0.259. The maximum atomic E-state index is 10.3. The van der Waals surface area contributed by atoms with E-state index in [1.54, 1.807) is 0 Å². The van der Waals surface area contributed by atoms with Crippen LogP contribution in [0.25, 0.3) is 0 Å². The van der Waals surface area contributed by atoms with E-state index >= 15 is 0 Å². The summed E-state index contributed by atoms with van der Waals surface area (Å²) in [6, 6.07) is 0. The van der Waals surface area contributed by atoms with Gasteiger partial charge in [-0.1, -0.05) is 12.7 Å². The zero-order valence-corrected chi connectivity index (χ0v) is 6.01. The van der Waals surface area contributed by atoms with Gasteiger partial charge in [0.05, 0.1) is 12.7 Å². The van der Waals surface area contributed by atoms with Crippen LogP contribution >= 0.6 is 0 Å². The Bertz CT molecular complexity index is 104. The molecule has 10 heavy (non-hydrogen) atoms. The van der Waals surface area contributed by atoms with Crippen LogP contribution in [0.4, 0.5) is 0 Å². The molecule has 0 unspecified atom stereocenters. The third-order valence-electron chi connectivity index (χ3n) is 0.526. The number of carbonyl (C=O) groups excluding carboxylic acids is 1. The second kappa shape index (κ2) is 10.6. The first-order valence-electron chi connectivity index (χ1n) is 2.72. The zero-order chi connectivity index (χ0) is 8.41. The minimum absolute atomic E-state index is 0.242. The van der Waals surface area contributed by atoms with Gasteiger partial charge < -0.3 is 4.74 Å². The molecule has 0 bridgehead atoms. The summed E-state index contributed by atoms with van der Waals surface area (Å²) in [5.41, 5.74) is 0. The molecular weight excluding hydrogens is 128 g/mol. The summed E-state index contributed by atoms with van der Waals surface area (Å²) in [7, 11) is 0. The Hall–Kier alpha value is -1.31. The van der Waals surface area contributed by atoms with Gasteiger partial charge >= 0.3 is 5.97 Å². The van der Waals surface area contributed by atoms with E-state index in [1.165, 1.54) is 6.08 Å². The van der Waals surface area contributed by atoms with Gasteiger partial charge in [0.15, 0.2) is 0 Å². The Kier molecular flexibility index (Phi) is 12.2. The molecule has 0 rings (SSSR count). The molecule has 56 valence electrons. The number of hydrogen-bond donors (Lipinski definition) is 0. The van der Waals surface area contributed by atoms with Crippen molar-refractivity contribution in [3.8, 4) is 0 Å². The van der Waals surface area contributed by atoms with Crippen molar-refractivity contribution in [2.45, 2.75) is 6.42 Å². The van der Waals surface area contributed by atoms with Gasteiger partial charge in [0.2, 0.25) is 0 Å². The van der Waals surface area contributed by atoms with Crippen LogP contribution in [0.2, 0.25) is 0 Å². The summed E-state index contributed by atoms with van der Waals surface area (Å²) >= 11 is 0. The molecule has 2 heteroatoms. The summed E-state index contributed by atoms with van der Waals surface area (Å²) in [5.74, 6) is -0.324. The Labute approximate surface area is 61.5 Å². The van der Waals surface area contributed by atoms with E-state index in [2.05, 4.69) is 31.1 Å². The van der Waals surface area contributed by atoms with E-state index in [4.69, 9.17) is 0 Å². The topological polar surface area (TPSA) is 26.3 Å². The largest absolute Gasteiger partial charge is 0.435 e. The van der Waals surface area contributed by atoms with Crippen molar-refractivity contribution >= 4 is 5.97 Å². The number of carbonyl (C=O) groups is 1. The highest BCUT2D eigenvalue weighted by Gasteiger charge is 1.92. The lowest BCUT2D eigenvalue weighted by molar-refractivity contribution is -0.136. The summed E-state index contributed by atoms with van der Waals surface area (Å²) < 4.78 is 4.34. The van der Waals surface area contributed by atoms with Crippen molar-refractivity contribution in [1.29, 1.82) is 0 Å². The van der Waals surface area contributed by atoms with Crippen LogP contribution in [0.1, 0.15) is 6.42 Å². The molecule has 0 amide bonds. The molecule has 0 saturated carbocycles. The van der Waals surface area contributed by atoms with Gasteiger partial charge in [-0.15, -0.1) is 19.7 Å². The number of ether oxygens (including phenoxy) is 1. The predicted octanol–water partition coefficient (Wildman–Crippen LogP) is 2.05. The third kappa shape index (κ3) is 9.85. The van der Waals surface area contributed by atoms with Crippen molar-refractivity contribution < 1.29 is 9.53 Å². The van der Waals surface area contributed by atoms with Crippen LogP contribution in [0.3, 0.4) is 0 Å². The van der Waals surface area contributed by atoms with Crippen molar-refractivity contribution in [3.63, 3.8) is 0 Å². The van der Waals surface area contributed by atoms with Crippen molar-refractivity contribution in [2.24, 2.45) is 0 Å². The second-order valence-electron chi connectivity index (χ2n) is 1.15. The van der Waals surface area contributed by atoms with Crippen molar-refractivity contribution in [3.05, 3.63) is 38.7 Å². The minimum atomic E-state index is -0.324. The van der Waals surface area contributed by atoms with Crippen LogP contribution in [0.5, 0.6) is 0 Å². The highest BCUT2D eigenvalue weighted by atomic mass is 16.5. The Morgan fingerprint density at radius 3 is 2.20 bits per heavy atom. The van der Waals surface area contributed by atoms with Crippen molar-refractivity contribution in [2.75, 3.05) is 0 Å². The molecule has 0 aliphatic heterocycles. The lowest BCUT2D eigenvalue weighted by Crippen LogP contribution is -1.95. The molecular formula is C8H12O2. The second-order valence-corrected chi connectivity index (χ2v) is 1.15. The molecule has 0 atom stereocenters. The Morgan fingerprint density at radius 1 is 1.40 bits per heavy atom. The molecule has 0 spiro atoms. The monoisotopic (exact) mass is 140 g/mol. The summed E-state index contributed by atoms with van der Waals surface area (Å²) in [6.07, 6.45) is 2.82. The summed E-state index contributed by atoms with van der Waals surface area (Å²) in [4.78, 5) is 10.3. The average Bonchev–Trinajstić information content (AvgIpc) is 1.93. The van der Waals surface area contributed by atoms with E-state index < -0.39 is 0 Å². The molecule has 0 radical (unpaired) electrons. The molecule has 0 aliphatic rings. The molecule has 0 saturated heterocycles. The highest BCUT2D eigenvalue weighted by molar-refractivity contribution is 5.71. The summed E-state index contributed by atoms with van der Waals surface area (Å²) in [6.45, 7) is 12.6. The number of esters is 1. The van der Waals surface area contributed by atoms with Gasteiger partial charge in [-0.05, 0) is 0 Å². The normalized spacial score (nSPS) is 6.40. The van der Waals surface area contributed by atoms with Crippen LogP contribution < -0.4 is 0 Å². The van der Waals surface area contributed by atoms with Gasteiger partial charge in [0, 0.05) is 0 Å². The van der Waals surface area contributed by atoms with E-state index in [0.29, 0.717) is 0 Å². The van der Waals surface area contributed by atoms with Crippen LogP contribution in [-0.4, -0.2) is 5.97 Å². The quantitative estimate of drug-likeness (QED) is 0.340. The minimum Gasteiger partial charge on any atom is -0.435 e. The molecule has 0 aromatic heterocycles. The molecule has 0 fully saturated rings. The maximum absolute atomic E-state index is 10.3. The summed E-state index contributed by atoms with van der Waals surface area (Å²) in [5, 5.41) is 0. The van der Waals surface area contributed by atoms with Gasteiger partial charge in [-0.25, -0.2) is 0 Å². The fourth-order valence-corrected chi connectivity index (χ4v) is 0.259. The molecule has 0 N–H and O–H groups in total. The molecule has 0 aromatic rings. The Morgan fingerprint density at radius 2 is 1.90 bits per heavy atom. The first-order chi connectivity index (χ1) is 4.81. The SMILES string of the molecule is C=C.C=CCC(=O)OC=C. The van der Waals surface area contributed by atoms with Crippen molar-refractivity contribution in [1.82, 2.24) is 0 Å². The van der Waals surface area contributed by atoms with Crippen LogP contribution in [-0.2, 0) is 9.53 Å². The molecule has 0 aromatic carbocycles. The number of rotatable bonds is 3. The fraction of sp³-hybridized carbons (Fsp3) is 0.125. The Balaban J connectivity index is 0. The van der Waals surface area contributed by atoms with Crippen LogP contribution in [0.15, 0.2) is 38.7 Å². The zero-order valence-electron chi connectivity index (χ0n) is 6.01. The maximum Gasteiger partial charge on any atom is 0.314 e.